The third kappa shape index (κ3) is 3.55. The number of aliphatic hydroxyl groups excluding tert-OH is 1. The molecule has 2 rings (SSSR count). The standard InChI is InChI=1S/C14H15BrN2O/c15-13-7-4-8-16-14(13)17-12(10-18)9-11-5-2-1-3-6-11/h1-8,12,18H,9-10H2,(H,16,17). The molecule has 1 unspecified atom stereocenters. The van der Waals surface area contributed by atoms with E-state index in [1.807, 2.05) is 30.3 Å². The van der Waals surface area contributed by atoms with Gasteiger partial charge in [0.1, 0.15) is 5.82 Å². The molecule has 18 heavy (non-hydrogen) atoms. The summed E-state index contributed by atoms with van der Waals surface area (Å²) in [4.78, 5) is 4.24. The fourth-order valence-electron chi connectivity index (χ4n) is 1.75. The molecule has 1 aromatic heterocycles. The molecule has 0 aliphatic heterocycles. The van der Waals surface area contributed by atoms with E-state index in [9.17, 15) is 5.11 Å². The third-order valence-corrected chi connectivity index (χ3v) is 3.28. The first-order valence-corrected chi connectivity index (χ1v) is 6.60. The van der Waals surface area contributed by atoms with E-state index >= 15 is 0 Å². The van der Waals surface area contributed by atoms with E-state index in [-0.39, 0.29) is 12.6 Å². The normalized spacial score (nSPS) is 12.1. The Labute approximate surface area is 115 Å². The van der Waals surface area contributed by atoms with Gasteiger partial charge in [-0.15, -0.1) is 0 Å². The van der Waals surface area contributed by atoms with Crippen molar-refractivity contribution in [3.05, 3.63) is 58.7 Å². The monoisotopic (exact) mass is 306 g/mol. The quantitative estimate of drug-likeness (QED) is 0.893. The number of nitrogens with zero attached hydrogens (tertiary/aromatic N) is 1. The van der Waals surface area contributed by atoms with Gasteiger partial charge in [0.05, 0.1) is 17.1 Å². The number of aliphatic hydroxyl groups is 1. The van der Waals surface area contributed by atoms with Crippen molar-refractivity contribution in [3.63, 3.8) is 0 Å². The van der Waals surface area contributed by atoms with Gasteiger partial charge >= 0.3 is 0 Å². The highest BCUT2D eigenvalue weighted by Gasteiger charge is 2.10. The molecule has 1 aromatic carbocycles. The Bertz CT molecular complexity index is 490. The van der Waals surface area contributed by atoms with E-state index in [1.54, 1.807) is 6.20 Å². The minimum Gasteiger partial charge on any atom is -0.394 e. The fraction of sp³-hybridized carbons (Fsp3) is 0.214. The molecule has 0 aliphatic rings. The lowest BCUT2D eigenvalue weighted by molar-refractivity contribution is 0.273. The number of rotatable bonds is 5. The molecule has 3 nitrogen and oxygen atoms in total. The number of aromatic nitrogens is 1. The number of pyridine rings is 1. The molecule has 0 radical (unpaired) electrons. The number of hydrogen-bond donors (Lipinski definition) is 2. The van der Waals surface area contributed by atoms with Crippen LogP contribution in [0.5, 0.6) is 0 Å². The maximum absolute atomic E-state index is 9.43. The van der Waals surface area contributed by atoms with Crippen molar-refractivity contribution in [1.82, 2.24) is 4.98 Å². The molecule has 1 heterocycles. The van der Waals surface area contributed by atoms with Crippen LogP contribution in [-0.4, -0.2) is 22.7 Å². The van der Waals surface area contributed by atoms with Gasteiger partial charge in [-0.1, -0.05) is 30.3 Å². The van der Waals surface area contributed by atoms with Crippen molar-refractivity contribution >= 4 is 21.7 Å². The maximum atomic E-state index is 9.43. The summed E-state index contributed by atoms with van der Waals surface area (Å²) in [6.07, 6.45) is 2.49. The lowest BCUT2D eigenvalue weighted by Crippen LogP contribution is -2.27. The van der Waals surface area contributed by atoms with Crippen LogP contribution in [0.4, 0.5) is 5.82 Å². The van der Waals surface area contributed by atoms with Gasteiger partial charge in [-0.05, 0) is 40.0 Å². The van der Waals surface area contributed by atoms with Crippen LogP contribution in [0, 0.1) is 0 Å². The minimum absolute atomic E-state index is 0.0430. The van der Waals surface area contributed by atoms with Gasteiger partial charge in [0, 0.05) is 6.20 Å². The summed E-state index contributed by atoms with van der Waals surface area (Å²) in [5, 5.41) is 12.7. The summed E-state index contributed by atoms with van der Waals surface area (Å²) in [5.74, 6) is 0.757. The van der Waals surface area contributed by atoms with E-state index in [2.05, 4.69) is 38.4 Å². The molecule has 1 atom stereocenters. The highest BCUT2D eigenvalue weighted by molar-refractivity contribution is 9.10. The number of hydrogen-bond acceptors (Lipinski definition) is 3. The second-order valence-corrected chi connectivity index (χ2v) is 4.90. The molecule has 0 fully saturated rings. The summed E-state index contributed by atoms with van der Waals surface area (Å²) < 4.78 is 0.900. The molecule has 0 aliphatic carbocycles. The molecule has 2 aromatic rings. The Balaban J connectivity index is 2.04. The molecule has 0 saturated carbocycles. The first kappa shape index (κ1) is 13.1. The summed E-state index contributed by atoms with van der Waals surface area (Å²) >= 11 is 3.43. The maximum Gasteiger partial charge on any atom is 0.140 e. The highest BCUT2D eigenvalue weighted by atomic mass is 79.9. The van der Waals surface area contributed by atoms with Gasteiger partial charge in [-0.2, -0.15) is 0 Å². The number of anilines is 1. The molecule has 2 N–H and O–H groups in total. The van der Waals surface area contributed by atoms with Crippen molar-refractivity contribution in [3.8, 4) is 0 Å². The molecule has 0 amide bonds. The third-order valence-electron chi connectivity index (χ3n) is 2.64. The van der Waals surface area contributed by atoms with Crippen LogP contribution in [0.1, 0.15) is 5.56 Å². The largest absolute Gasteiger partial charge is 0.394 e. The highest BCUT2D eigenvalue weighted by Crippen LogP contribution is 2.19. The lowest BCUT2D eigenvalue weighted by Gasteiger charge is -2.17. The van der Waals surface area contributed by atoms with Crippen LogP contribution < -0.4 is 5.32 Å². The topological polar surface area (TPSA) is 45.1 Å². The molecule has 0 bridgehead atoms. The SMILES string of the molecule is OCC(Cc1ccccc1)Nc1ncccc1Br. The smallest absolute Gasteiger partial charge is 0.140 e. The van der Waals surface area contributed by atoms with E-state index in [4.69, 9.17) is 0 Å². The van der Waals surface area contributed by atoms with Gasteiger partial charge in [-0.3, -0.25) is 0 Å². The average molecular weight is 307 g/mol. The molecule has 0 spiro atoms. The van der Waals surface area contributed by atoms with E-state index in [0.717, 1.165) is 16.7 Å². The fourth-order valence-corrected chi connectivity index (χ4v) is 2.11. The van der Waals surface area contributed by atoms with Crippen molar-refractivity contribution in [2.45, 2.75) is 12.5 Å². The van der Waals surface area contributed by atoms with Crippen LogP contribution >= 0.6 is 15.9 Å². The number of halogens is 1. The van der Waals surface area contributed by atoms with Crippen LogP contribution in [0.2, 0.25) is 0 Å². The molecular formula is C14H15BrN2O. The molecule has 0 saturated heterocycles. The van der Waals surface area contributed by atoms with E-state index in [0.29, 0.717) is 0 Å². The summed E-state index contributed by atoms with van der Waals surface area (Å²) in [6.45, 7) is 0.0674. The van der Waals surface area contributed by atoms with Crippen LogP contribution in [-0.2, 0) is 6.42 Å². The van der Waals surface area contributed by atoms with E-state index < -0.39 is 0 Å². The van der Waals surface area contributed by atoms with Crippen molar-refractivity contribution in [1.29, 1.82) is 0 Å². The van der Waals surface area contributed by atoms with Gasteiger partial charge in [0.2, 0.25) is 0 Å². The van der Waals surface area contributed by atoms with E-state index in [1.165, 1.54) is 5.56 Å². The second kappa shape index (κ2) is 6.52. The first-order chi connectivity index (χ1) is 8.79. The van der Waals surface area contributed by atoms with Gasteiger partial charge in [0.25, 0.3) is 0 Å². The van der Waals surface area contributed by atoms with Crippen LogP contribution in [0.25, 0.3) is 0 Å². The Morgan fingerprint density at radius 2 is 1.94 bits per heavy atom. The lowest BCUT2D eigenvalue weighted by atomic mass is 10.1. The predicted molar refractivity (Wildman–Crippen MR) is 76.6 cm³/mol. The molecule has 94 valence electrons. The van der Waals surface area contributed by atoms with Crippen molar-refractivity contribution in [2.75, 3.05) is 11.9 Å². The molecular weight excluding hydrogens is 292 g/mol. The second-order valence-electron chi connectivity index (χ2n) is 4.05. The zero-order chi connectivity index (χ0) is 12.8. The minimum atomic E-state index is -0.0430. The summed E-state index contributed by atoms with van der Waals surface area (Å²) in [5.41, 5.74) is 1.19. The predicted octanol–water partition coefficient (Wildman–Crippen LogP) is 2.86. The summed E-state index contributed by atoms with van der Waals surface area (Å²) in [7, 11) is 0. The Kier molecular flexibility index (Phi) is 4.73. The Morgan fingerprint density at radius 3 is 2.61 bits per heavy atom. The Hall–Kier alpha value is -1.39. The van der Waals surface area contributed by atoms with Crippen LogP contribution in [0.3, 0.4) is 0 Å². The van der Waals surface area contributed by atoms with Gasteiger partial charge in [0.15, 0.2) is 0 Å². The Morgan fingerprint density at radius 1 is 1.17 bits per heavy atom. The number of nitrogens with one attached hydrogen (secondary N) is 1. The van der Waals surface area contributed by atoms with Crippen molar-refractivity contribution < 1.29 is 5.11 Å². The zero-order valence-corrected chi connectivity index (χ0v) is 11.5. The van der Waals surface area contributed by atoms with Crippen molar-refractivity contribution in [2.24, 2.45) is 0 Å². The summed E-state index contributed by atoms with van der Waals surface area (Å²) in [6, 6.07) is 13.8. The first-order valence-electron chi connectivity index (χ1n) is 5.81. The van der Waals surface area contributed by atoms with Gasteiger partial charge < -0.3 is 10.4 Å². The molecule has 4 heteroatoms. The number of benzene rings is 1. The zero-order valence-electron chi connectivity index (χ0n) is 9.88. The van der Waals surface area contributed by atoms with Crippen LogP contribution in [0.15, 0.2) is 53.1 Å². The van der Waals surface area contributed by atoms with Gasteiger partial charge in [-0.25, -0.2) is 4.98 Å². The average Bonchev–Trinajstić information content (AvgIpc) is 2.41.